The van der Waals surface area contributed by atoms with E-state index in [9.17, 15) is 0 Å². The van der Waals surface area contributed by atoms with Gasteiger partial charge in [-0.05, 0) is 24.3 Å². The minimum absolute atomic E-state index is 0. The van der Waals surface area contributed by atoms with Crippen LogP contribution in [0.25, 0.3) is 0 Å². The Bertz CT molecular complexity index is 604. The Balaban J connectivity index is 0. The largest absolute Gasteiger partial charge is 2.00 e. The molecule has 0 fully saturated rings. The number of aromatic nitrogens is 2. The van der Waals surface area contributed by atoms with E-state index in [1.165, 1.54) is 0 Å². The summed E-state index contributed by atoms with van der Waals surface area (Å²) in [7, 11) is 8.05. The van der Waals surface area contributed by atoms with Gasteiger partial charge in [0.15, 0.2) is 5.96 Å². The summed E-state index contributed by atoms with van der Waals surface area (Å²) in [6.45, 7) is 3.14. The van der Waals surface area contributed by atoms with Crippen LogP contribution >= 0.6 is 0 Å². The number of aliphatic imine (C=N–C) groups is 1. The summed E-state index contributed by atoms with van der Waals surface area (Å²) in [5, 5.41) is 0. The van der Waals surface area contributed by atoms with Gasteiger partial charge in [0.2, 0.25) is 0 Å². The van der Waals surface area contributed by atoms with E-state index < -0.39 is 0 Å². The standard InChI is InChI=1S/C19H28N6.2BrH.Cu/c1-23(2)19(24(3)4)22-13-14-25(15-17-9-5-7-11-20-17)16-18-10-6-8-12-21-18;;;/h5-12H,13-16H2,1-4H3;2*1H;/q;;;+2/p-2. The Hall–Kier alpha value is -0.991. The van der Waals surface area contributed by atoms with Gasteiger partial charge in [0.05, 0.1) is 17.9 Å². The Kier molecular flexibility index (Phi) is 16.6. The molecule has 0 saturated carbocycles. The van der Waals surface area contributed by atoms with E-state index in [0.717, 1.165) is 43.5 Å². The number of pyridine rings is 2. The fourth-order valence-corrected chi connectivity index (χ4v) is 2.63. The second kappa shape index (κ2) is 15.9. The van der Waals surface area contributed by atoms with Crippen molar-refractivity contribution in [3.63, 3.8) is 0 Å². The molecule has 0 bridgehead atoms. The van der Waals surface area contributed by atoms with Crippen molar-refractivity contribution < 1.29 is 51.0 Å². The molecule has 0 N–H and O–H groups in total. The fourth-order valence-electron chi connectivity index (χ4n) is 2.63. The van der Waals surface area contributed by atoms with Gasteiger partial charge in [-0.25, -0.2) is 0 Å². The van der Waals surface area contributed by atoms with E-state index >= 15 is 0 Å². The van der Waals surface area contributed by atoms with Crippen LogP contribution in [0.5, 0.6) is 0 Å². The van der Waals surface area contributed by atoms with Crippen LogP contribution in [-0.4, -0.2) is 71.9 Å². The molecule has 0 aliphatic carbocycles. The van der Waals surface area contributed by atoms with Crippen LogP contribution in [0.3, 0.4) is 0 Å². The van der Waals surface area contributed by atoms with Crippen molar-refractivity contribution in [1.82, 2.24) is 24.7 Å². The van der Waals surface area contributed by atoms with Crippen LogP contribution in [0.15, 0.2) is 53.8 Å². The van der Waals surface area contributed by atoms with Gasteiger partial charge in [-0.3, -0.25) is 19.9 Å². The molecule has 28 heavy (non-hydrogen) atoms. The van der Waals surface area contributed by atoms with Gasteiger partial charge in [0, 0.05) is 60.2 Å². The molecule has 6 nitrogen and oxygen atoms in total. The van der Waals surface area contributed by atoms with Gasteiger partial charge >= 0.3 is 17.1 Å². The SMILES string of the molecule is CN(C)C(=NCCN(Cc1ccccn1)Cc1ccccn1)N(C)C.[Br-].[Br-].[Cu+2]. The molecule has 0 aliphatic rings. The van der Waals surface area contributed by atoms with Crippen molar-refractivity contribution in [1.29, 1.82) is 0 Å². The molecule has 0 atom stereocenters. The van der Waals surface area contributed by atoms with Crippen molar-refractivity contribution in [2.75, 3.05) is 41.3 Å². The molecule has 1 radical (unpaired) electrons. The molecule has 0 saturated heterocycles. The van der Waals surface area contributed by atoms with E-state index in [0.29, 0.717) is 0 Å². The summed E-state index contributed by atoms with van der Waals surface area (Å²) in [5.74, 6) is 0.968. The Morgan fingerprint density at radius 3 is 1.64 bits per heavy atom. The van der Waals surface area contributed by atoms with E-state index in [1.54, 1.807) is 0 Å². The number of hydrogen-bond donors (Lipinski definition) is 0. The Morgan fingerprint density at radius 1 is 0.821 bits per heavy atom. The number of halogens is 2. The van der Waals surface area contributed by atoms with Gasteiger partial charge in [0.1, 0.15) is 0 Å². The fraction of sp³-hybridized carbons (Fsp3) is 0.421. The first kappa shape index (κ1) is 29.2. The molecule has 159 valence electrons. The zero-order valence-electron chi connectivity index (χ0n) is 16.7. The van der Waals surface area contributed by atoms with Crippen LogP contribution < -0.4 is 34.0 Å². The van der Waals surface area contributed by atoms with Crippen molar-refractivity contribution in [3.05, 3.63) is 60.2 Å². The number of guanidine groups is 1. The smallest absolute Gasteiger partial charge is 1.00 e. The monoisotopic (exact) mass is 561 g/mol. The molecule has 0 aromatic carbocycles. The van der Waals surface area contributed by atoms with Crippen molar-refractivity contribution >= 4 is 5.96 Å². The number of hydrogen-bond acceptors (Lipinski definition) is 4. The maximum atomic E-state index is 4.73. The molecule has 0 spiro atoms. The first-order valence-electron chi connectivity index (χ1n) is 8.47. The molecule has 2 heterocycles. The van der Waals surface area contributed by atoms with Gasteiger partial charge in [-0.1, -0.05) is 12.1 Å². The average molecular weight is 564 g/mol. The molecule has 0 amide bonds. The molecular weight excluding hydrogens is 536 g/mol. The molecule has 2 aromatic heterocycles. The second-order valence-electron chi connectivity index (χ2n) is 6.32. The van der Waals surface area contributed by atoms with Crippen LogP contribution in [0.4, 0.5) is 0 Å². The zero-order valence-corrected chi connectivity index (χ0v) is 20.8. The molecule has 9 heteroatoms. The topological polar surface area (TPSA) is 47.9 Å². The van der Waals surface area contributed by atoms with Crippen LogP contribution in [0.1, 0.15) is 11.4 Å². The predicted octanol–water partition coefficient (Wildman–Crippen LogP) is -4.04. The van der Waals surface area contributed by atoms with Crippen molar-refractivity contribution in [2.24, 2.45) is 4.99 Å². The Labute approximate surface area is 200 Å². The number of nitrogens with zero attached hydrogens (tertiary/aromatic N) is 6. The third-order valence-electron chi connectivity index (χ3n) is 3.69. The summed E-state index contributed by atoms with van der Waals surface area (Å²) in [6.07, 6.45) is 3.67. The van der Waals surface area contributed by atoms with E-state index in [1.807, 2.05) is 74.6 Å². The maximum Gasteiger partial charge on any atom is 2.00 e. The predicted molar refractivity (Wildman–Crippen MR) is 102 cm³/mol. The molecule has 0 unspecified atom stereocenters. The normalized spacial score (nSPS) is 9.46. The summed E-state index contributed by atoms with van der Waals surface area (Å²) in [4.78, 5) is 20.0. The summed E-state index contributed by atoms with van der Waals surface area (Å²) in [5.41, 5.74) is 2.12. The van der Waals surface area contributed by atoms with Crippen LogP contribution in [-0.2, 0) is 30.2 Å². The summed E-state index contributed by atoms with van der Waals surface area (Å²) >= 11 is 0. The summed E-state index contributed by atoms with van der Waals surface area (Å²) in [6, 6.07) is 12.0. The Morgan fingerprint density at radius 2 is 1.29 bits per heavy atom. The van der Waals surface area contributed by atoms with Crippen LogP contribution in [0, 0.1) is 0 Å². The van der Waals surface area contributed by atoms with Crippen LogP contribution in [0.2, 0.25) is 0 Å². The molecule has 0 aliphatic heterocycles. The van der Waals surface area contributed by atoms with Gasteiger partial charge in [-0.2, -0.15) is 0 Å². The molecule has 2 rings (SSSR count). The van der Waals surface area contributed by atoms with E-state index in [-0.39, 0.29) is 51.0 Å². The van der Waals surface area contributed by atoms with Crippen molar-refractivity contribution in [2.45, 2.75) is 13.1 Å². The maximum absolute atomic E-state index is 4.73. The van der Waals surface area contributed by atoms with Crippen molar-refractivity contribution in [3.8, 4) is 0 Å². The summed E-state index contributed by atoms with van der Waals surface area (Å²) < 4.78 is 0. The average Bonchev–Trinajstić information content (AvgIpc) is 2.59. The van der Waals surface area contributed by atoms with Gasteiger partial charge in [0.25, 0.3) is 0 Å². The molecular formula is C19H28Br2CuN6. The quantitative estimate of drug-likeness (QED) is 0.195. The number of rotatable bonds is 7. The van der Waals surface area contributed by atoms with Gasteiger partial charge < -0.3 is 43.8 Å². The first-order valence-corrected chi connectivity index (χ1v) is 8.47. The van der Waals surface area contributed by atoms with E-state index in [2.05, 4.69) is 27.0 Å². The van der Waals surface area contributed by atoms with Gasteiger partial charge in [-0.15, -0.1) is 0 Å². The minimum atomic E-state index is 0. The molecule has 2 aromatic rings. The third-order valence-corrected chi connectivity index (χ3v) is 3.69. The third kappa shape index (κ3) is 10.5. The first-order chi connectivity index (χ1) is 12.1. The zero-order chi connectivity index (χ0) is 18.1. The second-order valence-corrected chi connectivity index (χ2v) is 6.32. The minimum Gasteiger partial charge on any atom is -1.00 e. The van der Waals surface area contributed by atoms with E-state index in [4.69, 9.17) is 4.99 Å².